The van der Waals surface area contributed by atoms with E-state index in [2.05, 4.69) is 15.0 Å². The zero-order valence-corrected chi connectivity index (χ0v) is 14.0. The third-order valence-corrected chi connectivity index (χ3v) is 4.81. The van der Waals surface area contributed by atoms with Crippen molar-refractivity contribution in [1.29, 1.82) is 0 Å². The molecular weight excluding hydrogens is 352 g/mol. The number of aliphatic hydroxyl groups is 3. The summed E-state index contributed by atoms with van der Waals surface area (Å²) in [4.78, 5) is 12.9. The molecule has 4 heterocycles. The predicted octanol–water partition coefficient (Wildman–Crippen LogP) is 0.851. The van der Waals surface area contributed by atoms with E-state index in [9.17, 15) is 15.3 Å². The van der Waals surface area contributed by atoms with Crippen LogP contribution in [0.2, 0.25) is 0 Å². The topological polar surface area (TPSA) is 127 Å². The van der Waals surface area contributed by atoms with E-state index >= 15 is 0 Å². The summed E-state index contributed by atoms with van der Waals surface area (Å²) in [5.74, 6) is 0.551. The van der Waals surface area contributed by atoms with Gasteiger partial charge in [0.2, 0.25) is 0 Å². The van der Waals surface area contributed by atoms with Gasteiger partial charge in [-0.25, -0.2) is 15.0 Å². The minimum Gasteiger partial charge on any atom is -0.454 e. The van der Waals surface area contributed by atoms with E-state index in [0.717, 1.165) is 11.0 Å². The highest BCUT2D eigenvalue weighted by molar-refractivity contribution is 5.90. The van der Waals surface area contributed by atoms with Gasteiger partial charge in [-0.1, -0.05) is 18.2 Å². The first-order chi connectivity index (χ1) is 13.2. The third-order valence-electron chi connectivity index (χ3n) is 4.81. The number of imidazole rings is 1. The molecular formula is C18H16N4O5. The summed E-state index contributed by atoms with van der Waals surface area (Å²) < 4.78 is 13.0. The molecule has 138 valence electrons. The molecule has 0 bridgehead atoms. The summed E-state index contributed by atoms with van der Waals surface area (Å²) in [6.45, 7) is -0.402. The second-order valence-corrected chi connectivity index (χ2v) is 6.42. The van der Waals surface area contributed by atoms with Crippen LogP contribution in [0.15, 0.2) is 47.4 Å². The summed E-state index contributed by atoms with van der Waals surface area (Å²) in [7, 11) is 0. The van der Waals surface area contributed by atoms with E-state index in [1.165, 1.54) is 17.2 Å². The smallest absolute Gasteiger partial charge is 0.166 e. The lowest BCUT2D eigenvalue weighted by Gasteiger charge is -2.16. The lowest BCUT2D eigenvalue weighted by Crippen LogP contribution is -2.33. The number of ether oxygens (including phenoxy) is 1. The van der Waals surface area contributed by atoms with Gasteiger partial charge >= 0.3 is 0 Å². The van der Waals surface area contributed by atoms with E-state index in [4.69, 9.17) is 9.15 Å². The predicted molar refractivity (Wildman–Crippen MR) is 93.5 cm³/mol. The number of fused-ring (bicyclic) bond motifs is 2. The first kappa shape index (κ1) is 16.3. The molecule has 9 nitrogen and oxygen atoms in total. The van der Waals surface area contributed by atoms with Crippen LogP contribution >= 0.6 is 0 Å². The van der Waals surface area contributed by atoms with Gasteiger partial charge in [-0.3, -0.25) is 4.57 Å². The maximum absolute atomic E-state index is 10.3. The number of furan rings is 1. The Morgan fingerprint density at radius 1 is 1.07 bits per heavy atom. The lowest BCUT2D eigenvalue weighted by atomic mass is 10.1. The highest BCUT2D eigenvalue weighted by atomic mass is 16.6. The van der Waals surface area contributed by atoms with Crippen molar-refractivity contribution in [2.24, 2.45) is 0 Å². The molecule has 0 saturated carbocycles. The molecule has 1 saturated heterocycles. The highest BCUT2D eigenvalue weighted by Crippen LogP contribution is 2.34. The van der Waals surface area contributed by atoms with E-state index in [-0.39, 0.29) is 0 Å². The largest absolute Gasteiger partial charge is 0.454 e. The second kappa shape index (κ2) is 6.10. The standard InChI is InChI=1S/C18H16N4O5/c23-6-12-15(24)16(25)18(27-12)22-8-21-14-13(19-7-20-17(14)22)11-5-9-3-1-2-4-10(9)26-11/h1-5,7-8,12,15-16,18,23-25H,6H2/t12-,15-,16-,18-/m1/s1. The van der Waals surface area contributed by atoms with E-state index < -0.39 is 31.1 Å². The van der Waals surface area contributed by atoms with Gasteiger partial charge in [0.25, 0.3) is 0 Å². The van der Waals surface area contributed by atoms with Gasteiger partial charge in [-0.2, -0.15) is 0 Å². The molecule has 4 atom stereocenters. The van der Waals surface area contributed by atoms with Crippen molar-refractivity contribution in [2.75, 3.05) is 6.61 Å². The van der Waals surface area contributed by atoms with E-state index in [0.29, 0.717) is 22.6 Å². The van der Waals surface area contributed by atoms with Crippen molar-refractivity contribution in [3.05, 3.63) is 43.0 Å². The Bertz CT molecular complexity index is 1090. The number of benzene rings is 1. The fourth-order valence-corrected chi connectivity index (χ4v) is 3.43. The van der Waals surface area contributed by atoms with Crippen molar-refractivity contribution in [1.82, 2.24) is 19.5 Å². The van der Waals surface area contributed by atoms with Crippen LogP contribution in [-0.2, 0) is 4.74 Å². The van der Waals surface area contributed by atoms with Crippen LogP contribution in [0.5, 0.6) is 0 Å². The summed E-state index contributed by atoms with van der Waals surface area (Å²) in [5, 5.41) is 30.5. The van der Waals surface area contributed by atoms with Gasteiger partial charge in [0.1, 0.15) is 41.4 Å². The number of aliphatic hydroxyl groups excluding tert-OH is 3. The minimum absolute atomic E-state index is 0.402. The van der Waals surface area contributed by atoms with E-state index in [1.54, 1.807) is 0 Å². The summed E-state index contributed by atoms with van der Waals surface area (Å²) in [5.41, 5.74) is 2.16. The van der Waals surface area contributed by atoms with Gasteiger partial charge < -0.3 is 24.5 Å². The molecule has 1 aliphatic heterocycles. The Morgan fingerprint density at radius 2 is 1.93 bits per heavy atom. The number of aromatic nitrogens is 4. The van der Waals surface area contributed by atoms with Crippen molar-refractivity contribution >= 4 is 22.1 Å². The number of hydrogen-bond acceptors (Lipinski definition) is 8. The second-order valence-electron chi connectivity index (χ2n) is 6.42. The van der Waals surface area contributed by atoms with Gasteiger partial charge in [-0.15, -0.1) is 0 Å². The molecule has 4 aromatic rings. The number of nitrogens with zero attached hydrogens (tertiary/aromatic N) is 4. The molecule has 1 aromatic carbocycles. The molecule has 0 aliphatic carbocycles. The van der Waals surface area contributed by atoms with Crippen molar-refractivity contribution < 1.29 is 24.5 Å². The molecule has 3 N–H and O–H groups in total. The van der Waals surface area contributed by atoms with Crippen LogP contribution in [-0.4, -0.2) is 59.8 Å². The molecule has 3 aromatic heterocycles. The number of hydrogen-bond donors (Lipinski definition) is 3. The Kier molecular flexibility index (Phi) is 3.69. The van der Waals surface area contributed by atoms with E-state index in [1.807, 2.05) is 30.3 Å². The molecule has 0 spiro atoms. The summed E-state index contributed by atoms with van der Waals surface area (Å²) in [6.07, 6.45) is -1.37. The first-order valence-electron chi connectivity index (χ1n) is 8.46. The molecule has 27 heavy (non-hydrogen) atoms. The number of rotatable bonds is 3. The lowest BCUT2D eigenvalue weighted by molar-refractivity contribution is -0.0511. The van der Waals surface area contributed by atoms with Crippen LogP contribution in [0.4, 0.5) is 0 Å². The van der Waals surface area contributed by atoms with Gasteiger partial charge in [0.05, 0.1) is 12.9 Å². The summed E-state index contributed by atoms with van der Waals surface area (Å²) >= 11 is 0. The average molecular weight is 368 g/mol. The van der Waals surface area contributed by atoms with Crippen LogP contribution in [0.25, 0.3) is 33.6 Å². The molecule has 1 aliphatic rings. The Hall–Kier alpha value is -2.85. The highest BCUT2D eigenvalue weighted by Gasteiger charge is 2.44. The van der Waals surface area contributed by atoms with Crippen molar-refractivity contribution in [2.45, 2.75) is 24.5 Å². The maximum atomic E-state index is 10.3. The summed E-state index contributed by atoms with van der Waals surface area (Å²) in [6, 6.07) is 9.51. The fourth-order valence-electron chi connectivity index (χ4n) is 3.43. The minimum atomic E-state index is -1.22. The van der Waals surface area contributed by atoms with Crippen molar-refractivity contribution in [3.63, 3.8) is 0 Å². The molecule has 9 heteroatoms. The Balaban J connectivity index is 1.61. The molecule has 1 fully saturated rings. The maximum Gasteiger partial charge on any atom is 0.166 e. The van der Waals surface area contributed by atoms with Gasteiger partial charge in [-0.05, 0) is 12.1 Å². The van der Waals surface area contributed by atoms with Gasteiger partial charge in [0.15, 0.2) is 17.6 Å². The molecule has 5 rings (SSSR count). The zero-order chi connectivity index (χ0) is 18.5. The molecule has 0 radical (unpaired) electrons. The van der Waals surface area contributed by atoms with Gasteiger partial charge in [0, 0.05) is 5.39 Å². The molecule has 0 amide bonds. The molecule has 0 unspecified atom stereocenters. The zero-order valence-electron chi connectivity index (χ0n) is 14.0. The Labute approximate surface area is 152 Å². The normalized spacial score (nSPS) is 25.6. The quantitative estimate of drug-likeness (QED) is 0.486. The first-order valence-corrected chi connectivity index (χ1v) is 8.46. The van der Waals surface area contributed by atoms with Crippen LogP contribution in [0.3, 0.4) is 0 Å². The SMILES string of the molecule is OC[C@H]1O[C@@H](n2cnc3c(-c4cc5ccccc5o4)ncnc32)[C@H](O)[C@@H]1O. The fraction of sp³-hybridized carbons (Fsp3) is 0.278. The Morgan fingerprint density at radius 3 is 2.70 bits per heavy atom. The van der Waals surface area contributed by atoms with Crippen molar-refractivity contribution in [3.8, 4) is 11.5 Å². The van der Waals surface area contributed by atoms with Crippen LogP contribution < -0.4 is 0 Å². The van der Waals surface area contributed by atoms with Crippen LogP contribution in [0, 0.1) is 0 Å². The average Bonchev–Trinajstić information content (AvgIpc) is 3.38. The van der Waals surface area contributed by atoms with Crippen LogP contribution in [0.1, 0.15) is 6.23 Å². The third kappa shape index (κ3) is 2.44. The monoisotopic (exact) mass is 368 g/mol. The number of para-hydroxylation sites is 1.